The van der Waals surface area contributed by atoms with Crippen molar-refractivity contribution in [3.05, 3.63) is 41.6 Å². The maximum absolute atomic E-state index is 5.87. The standard InChI is InChI=1S/C11H13N3OS/c1-8-3-2-4-10(12)9(8)7-15-11-5-6-14(16)13-11/h2-6,16H,7,12H2,1H3. The summed E-state index contributed by atoms with van der Waals surface area (Å²) in [6.07, 6.45) is 1.71. The Kier molecular flexibility index (Phi) is 3.05. The molecule has 0 atom stereocenters. The van der Waals surface area contributed by atoms with Gasteiger partial charge < -0.3 is 10.5 Å². The van der Waals surface area contributed by atoms with Crippen molar-refractivity contribution in [3.63, 3.8) is 0 Å². The number of hydrogen-bond acceptors (Lipinski definition) is 4. The van der Waals surface area contributed by atoms with Crippen LogP contribution in [0.3, 0.4) is 0 Å². The van der Waals surface area contributed by atoms with Gasteiger partial charge in [0.2, 0.25) is 5.88 Å². The number of thiol groups is 1. The van der Waals surface area contributed by atoms with E-state index in [-0.39, 0.29) is 0 Å². The highest BCUT2D eigenvalue weighted by Crippen LogP contribution is 2.18. The van der Waals surface area contributed by atoms with E-state index < -0.39 is 0 Å². The molecule has 0 aliphatic rings. The third-order valence-corrected chi connectivity index (χ3v) is 2.59. The minimum Gasteiger partial charge on any atom is -0.472 e. The monoisotopic (exact) mass is 235 g/mol. The Labute approximate surface area is 99.6 Å². The number of hydrogen-bond donors (Lipinski definition) is 2. The van der Waals surface area contributed by atoms with E-state index in [9.17, 15) is 0 Å². The lowest BCUT2D eigenvalue weighted by molar-refractivity contribution is 0.293. The van der Waals surface area contributed by atoms with Crippen LogP contribution in [0.2, 0.25) is 0 Å². The second-order valence-electron chi connectivity index (χ2n) is 3.51. The van der Waals surface area contributed by atoms with Crippen molar-refractivity contribution in [3.8, 4) is 5.88 Å². The van der Waals surface area contributed by atoms with E-state index in [2.05, 4.69) is 17.9 Å². The van der Waals surface area contributed by atoms with Gasteiger partial charge in [0.25, 0.3) is 0 Å². The van der Waals surface area contributed by atoms with E-state index in [0.717, 1.165) is 16.8 Å². The normalized spacial score (nSPS) is 10.4. The van der Waals surface area contributed by atoms with Crippen molar-refractivity contribution >= 4 is 18.5 Å². The number of benzene rings is 1. The average Bonchev–Trinajstić information content (AvgIpc) is 2.63. The minimum atomic E-state index is 0.420. The van der Waals surface area contributed by atoms with Crippen LogP contribution in [0.25, 0.3) is 0 Å². The number of ether oxygens (including phenoxy) is 1. The molecule has 0 aliphatic heterocycles. The van der Waals surface area contributed by atoms with Crippen LogP contribution < -0.4 is 10.5 Å². The molecule has 0 saturated heterocycles. The van der Waals surface area contributed by atoms with Gasteiger partial charge in [-0.15, -0.1) is 5.10 Å². The van der Waals surface area contributed by atoms with E-state index in [4.69, 9.17) is 10.5 Å². The average molecular weight is 235 g/mol. The predicted molar refractivity (Wildman–Crippen MR) is 66.5 cm³/mol. The SMILES string of the molecule is Cc1cccc(N)c1COc1ccn(S)n1. The zero-order valence-corrected chi connectivity index (χ0v) is 9.82. The maximum Gasteiger partial charge on any atom is 0.234 e. The third-order valence-electron chi connectivity index (χ3n) is 2.36. The Balaban J connectivity index is 2.10. The first-order valence-electron chi connectivity index (χ1n) is 4.88. The van der Waals surface area contributed by atoms with Crippen LogP contribution in [0.5, 0.6) is 5.88 Å². The van der Waals surface area contributed by atoms with Gasteiger partial charge in [0.15, 0.2) is 0 Å². The lowest BCUT2D eigenvalue weighted by Gasteiger charge is -2.09. The van der Waals surface area contributed by atoms with Crippen LogP contribution in [0.1, 0.15) is 11.1 Å². The van der Waals surface area contributed by atoms with Gasteiger partial charge in [-0.3, -0.25) is 0 Å². The highest BCUT2D eigenvalue weighted by molar-refractivity contribution is 7.78. The van der Waals surface area contributed by atoms with Crippen molar-refractivity contribution in [2.45, 2.75) is 13.5 Å². The van der Waals surface area contributed by atoms with Gasteiger partial charge in [0.05, 0.1) is 0 Å². The topological polar surface area (TPSA) is 53.1 Å². The summed E-state index contributed by atoms with van der Waals surface area (Å²) in [7, 11) is 0. The summed E-state index contributed by atoms with van der Waals surface area (Å²) in [5.74, 6) is 0.539. The molecule has 2 N–H and O–H groups in total. The molecule has 1 heterocycles. The molecule has 2 rings (SSSR count). The Morgan fingerprint density at radius 3 is 2.88 bits per heavy atom. The lowest BCUT2D eigenvalue weighted by atomic mass is 10.1. The number of rotatable bonds is 3. The molecular formula is C11H13N3OS. The number of nitrogens with zero attached hydrogens (tertiary/aromatic N) is 2. The van der Waals surface area contributed by atoms with Gasteiger partial charge in [0.1, 0.15) is 6.61 Å². The molecular weight excluding hydrogens is 222 g/mol. The number of aromatic nitrogens is 2. The van der Waals surface area contributed by atoms with Gasteiger partial charge in [-0.1, -0.05) is 12.1 Å². The van der Waals surface area contributed by atoms with Crippen LogP contribution in [0, 0.1) is 6.92 Å². The van der Waals surface area contributed by atoms with Gasteiger partial charge in [0, 0.05) is 23.5 Å². The van der Waals surface area contributed by atoms with Crippen molar-refractivity contribution in [2.75, 3.05) is 5.73 Å². The number of nitrogen functional groups attached to an aromatic ring is 1. The summed E-state index contributed by atoms with van der Waals surface area (Å²) < 4.78 is 6.91. The molecule has 16 heavy (non-hydrogen) atoms. The molecule has 1 aromatic heterocycles. The number of aryl methyl sites for hydroxylation is 1. The zero-order chi connectivity index (χ0) is 11.5. The van der Waals surface area contributed by atoms with Crippen molar-refractivity contribution < 1.29 is 4.74 Å². The molecule has 0 spiro atoms. The van der Waals surface area contributed by atoms with Gasteiger partial charge in [-0.2, -0.15) is 0 Å². The molecule has 0 aliphatic carbocycles. The van der Waals surface area contributed by atoms with Crippen molar-refractivity contribution in [2.24, 2.45) is 0 Å². The molecule has 84 valence electrons. The summed E-state index contributed by atoms with van der Waals surface area (Å²) >= 11 is 4.03. The predicted octanol–water partition coefficient (Wildman–Crippen LogP) is 2.05. The quantitative estimate of drug-likeness (QED) is 0.632. The molecule has 0 bridgehead atoms. The summed E-state index contributed by atoms with van der Waals surface area (Å²) in [6.45, 7) is 2.43. The first kappa shape index (κ1) is 10.9. The summed E-state index contributed by atoms with van der Waals surface area (Å²) in [4.78, 5) is 0. The number of nitrogens with two attached hydrogens (primary N) is 1. The number of anilines is 1. The third kappa shape index (κ3) is 2.30. The highest BCUT2D eigenvalue weighted by atomic mass is 32.1. The van der Waals surface area contributed by atoms with Crippen LogP contribution in [-0.4, -0.2) is 9.19 Å². The van der Waals surface area contributed by atoms with E-state index in [0.29, 0.717) is 12.5 Å². The molecule has 0 amide bonds. The fourth-order valence-corrected chi connectivity index (χ4v) is 1.60. The van der Waals surface area contributed by atoms with Gasteiger partial charge >= 0.3 is 0 Å². The first-order valence-corrected chi connectivity index (χ1v) is 5.28. The summed E-state index contributed by atoms with van der Waals surface area (Å²) in [5, 5.41) is 4.00. The molecule has 1 aromatic carbocycles. The van der Waals surface area contributed by atoms with Crippen molar-refractivity contribution in [1.29, 1.82) is 0 Å². The van der Waals surface area contributed by atoms with E-state index in [1.54, 1.807) is 12.3 Å². The molecule has 0 unspecified atom stereocenters. The Morgan fingerprint density at radius 2 is 2.25 bits per heavy atom. The molecule has 5 heteroatoms. The molecule has 4 nitrogen and oxygen atoms in total. The maximum atomic E-state index is 5.87. The van der Waals surface area contributed by atoms with Gasteiger partial charge in [-0.25, -0.2) is 4.09 Å². The molecule has 0 fully saturated rings. The second kappa shape index (κ2) is 4.49. The van der Waals surface area contributed by atoms with E-state index in [1.165, 1.54) is 4.09 Å². The fraction of sp³-hybridized carbons (Fsp3) is 0.182. The zero-order valence-electron chi connectivity index (χ0n) is 8.92. The highest BCUT2D eigenvalue weighted by Gasteiger charge is 2.04. The van der Waals surface area contributed by atoms with E-state index in [1.807, 2.05) is 25.1 Å². The van der Waals surface area contributed by atoms with Crippen LogP contribution >= 0.6 is 12.8 Å². The summed E-state index contributed by atoms with van der Waals surface area (Å²) in [5.41, 5.74) is 8.72. The van der Waals surface area contributed by atoms with Crippen LogP contribution in [0.15, 0.2) is 30.5 Å². The minimum absolute atomic E-state index is 0.420. The Morgan fingerprint density at radius 1 is 1.44 bits per heavy atom. The fourth-order valence-electron chi connectivity index (χ4n) is 1.44. The Bertz CT molecular complexity index is 475. The largest absolute Gasteiger partial charge is 0.472 e. The van der Waals surface area contributed by atoms with Crippen LogP contribution in [0.4, 0.5) is 5.69 Å². The second-order valence-corrected chi connectivity index (χ2v) is 3.92. The smallest absolute Gasteiger partial charge is 0.234 e. The molecule has 0 radical (unpaired) electrons. The molecule has 0 saturated carbocycles. The van der Waals surface area contributed by atoms with Crippen molar-refractivity contribution in [1.82, 2.24) is 9.19 Å². The lowest BCUT2D eigenvalue weighted by Crippen LogP contribution is -2.02. The summed E-state index contributed by atoms with van der Waals surface area (Å²) in [6, 6.07) is 7.55. The first-order chi connectivity index (χ1) is 7.66. The van der Waals surface area contributed by atoms with Crippen LogP contribution in [-0.2, 0) is 6.61 Å². The van der Waals surface area contributed by atoms with Gasteiger partial charge in [-0.05, 0) is 31.4 Å². The van der Waals surface area contributed by atoms with E-state index >= 15 is 0 Å². The molecule has 2 aromatic rings. The Hall–Kier alpha value is -1.62.